The molecule has 6 aromatic rings. The van der Waals surface area contributed by atoms with Gasteiger partial charge in [0.2, 0.25) is 0 Å². The van der Waals surface area contributed by atoms with Crippen molar-refractivity contribution in [2.75, 3.05) is 0 Å². The smallest absolute Gasteiger partial charge is 0.0103 e. The number of hydrogen-bond donors (Lipinski definition) is 0. The van der Waals surface area contributed by atoms with Crippen molar-refractivity contribution < 1.29 is 0 Å². The zero-order valence-corrected chi connectivity index (χ0v) is 17.4. The SMILES string of the molecule is Cc1cc2ccccc2c2ccccc12.Cc1cc2ccccc2c2ccccc12. The third-order valence-corrected chi connectivity index (χ3v) is 5.95. The second-order valence-corrected chi connectivity index (χ2v) is 7.92. The van der Waals surface area contributed by atoms with E-state index in [0.717, 1.165) is 0 Å². The molecule has 0 fully saturated rings. The van der Waals surface area contributed by atoms with Gasteiger partial charge in [-0.25, -0.2) is 0 Å². The lowest BCUT2D eigenvalue weighted by atomic mass is 9.98. The van der Waals surface area contributed by atoms with Crippen LogP contribution in [-0.2, 0) is 0 Å². The third-order valence-electron chi connectivity index (χ3n) is 5.95. The maximum atomic E-state index is 2.26. The van der Waals surface area contributed by atoms with Crippen molar-refractivity contribution in [3.8, 4) is 0 Å². The number of benzene rings is 6. The van der Waals surface area contributed by atoms with E-state index in [1.54, 1.807) is 0 Å². The normalized spacial score (nSPS) is 11.0. The van der Waals surface area contributed by atoms with Gasteiger partial charge in [-0.1, -0.05) is 109 Å². The Morgan fingerprint density at radius 3 is 1.03 bits per heavy atom. The highest BCUT2D eigenvalue weighted by molar-refractivity contribution is 6.09. The van der Waals surface area contributed by atoms with Gasteiger partial charge in [-0.15, -0.1) is 0 Å². The van der Waals surface area contributed by atoms with E-state index in [1.165, 1.54) is 54.2 Å². The Balaban J connectivity index is 0.000000128. The molecule has 0 spiro atoms. The predicted molar refractivity (Wildman–Crippen MR) is 132 cm³/mol. The first kappa shape index (κ1) is 18.4. The van der Waals surface area contributed by atoms with Crippen molar-refractivity contribution in [3.63, 3.8) is 0 Å². The van der Waals surface area contributed by atoms with Gasteiger partial charge in [-0.3, -0.25) is 0 Å². The van der Waals surface area contributed by atoms with Gasteiger partial charge in [0.1, 0.15) is 0 Å². The first-order chi connectivity index (χ1) is 14.7. The van der Waals surface area contributed by atoms with Crippen molar-refractivity contribution >= 4 is 43.1 Å². The minimum Gasteiger partial charge on any atom is -0.0616 e. The van der Waals surface area contributed by atoms with Crippen molar-refractivity contribution in [3.05, 3.63) is 120 Å². The molecule has 0 bridgehead atoms. The Morgan fingerprint density at radius 2 is 0.633 bits per heavy atom. The largest absolute Gasteiger partial charge is 0.0616 e. The first-order valence-corrected chi connectivity index (χ1v) is 10.5. The predicted octanol–water partition coefficient (Wildman–Crippen LogP) is 8.60. The van der Waals surface area contributed by atoms with E-state index in [1.807, 2.05) is 0 Å². The minimum atomic E-state index is 1.33. The topological polar surface area (TPSA) is 0 Å². The Morgan fingerprint density at radius 1 is 0.333 bits per heavy atom. The summed E-state index contributed by atoms with van der Waals surface area (Å²) in [6, 6.07) is 38.8. The van der Waals surface area contributed by atoms with Crippen LogP contribution in [0.4, 0.5) is 0 Å². The summed E-state index contributed by atoms with van der Waals surface area (Å²) in [5.41, 5.74) is 2.70. The van der Waals surface area contributed by atoms with Crippen molar-refractivity contribution in [1.82, 2.24) is 0 Å². The standard InChI is InChI=1S/2C15H12/c2*1-11-10-12-6-2-3-8-14(12)15-9-5-4-7-13(11)15/h2*2-10H,1H3. The molecule has 0 saturated carbocycles. The summed E-state index contributed by atoms with van der Waals surface area (Å²) in [5, 5.41) is 10.8. The monoisotopic (exact) mass is 384 g/mol. The molecule has 0 heteroatoms. The number of hydrogen-bond acceptors (Lipinski definition) is 0. The van der Waals surface area contributed by atoms with Crippen LogP contribution in [0.5, 0.6) is 0 Å². The van der Waals surface area contributed by atoms with E-state index < -0.39 is 0 Å². The molecule has 0 atom stereocenters. The van der Waals surface area contributed by atoms with E-state index in [9.17, 15) is 0 Å². The zero-order valence-electron chi connectivity index (χ0n) is 17.4. The van der Waals surface area contributed by atoms with Crippen LogP contribution in [-0.4, -0.2) is 0 Å². The molecule has 0 nitrogen and oxygen atoms in total. The molecule has 30 heavy (non-hydrogen) atoms. The highest BCUT2D eigenvalue weighted by atomic mass is 14.1. The average molecular weight is 385 g/mol. The van der Waals surface area contributed by atoms with Gasteiger partial charge in [0, 0.05) is 0 Å². The fourth-order valence-corrected chi connectivity index (χ4v) is 4.48. The van der Waals surface area contributed by atoms with Gasteiger partial charge in [-0.2, -0.15) is 0 Å². The quantitative estimate of drug-likeness (QED) is 0.230. The number of fused-ring (bicyclic) bond motifs is 6. The molecule has 144 valence electrons. The van der Waals surface area contributed by atoms with Crippen molar-refractivity contribution in [1.29, 1.82) is 0 Å². The molecule has 6 aromatic carbocycles. The third kappa shape index (κ3) is 3.21. The molecule has 0 unspecified atom stereocenters. The number of aryl methyl sites for hydroxylation is 2. The average Bonchev–Trinajstić information content (AvgIpc) is 2.80. The van der Waals surface area contributed by atoms with Crippen molar-refractivity contribution in [2.24, 2.45) is 0 Å². The zero-order chi connectivity index (χ0) is 20.5. The molecular weight excluding hydrogens is 360 g/mol. The molecule has 0 amide bonds. The van der Waals surface area contributed by atoms with Gasteiger partial charge in [0.15, 0.2) is 0 Å². The summed E-state index contributed by atoms with van der Waals surface area (Å²) in [5.74, 6) is 0. The molecule has 0 radical (unpaired) electrons. The van der Waals surface area contributed by atoms with Gasteiger partial charge in [-0.05, 0) is 68.1 Å². The van der Waals surface area contributed by atoms with Crippen LogP contribution >= 0.6 is 0 Å². The fraction of sp³-hybridized carbons (Fsp3) is 0.0667. The summed E-state index contributed by atoms with van der Waals surface area (Å²) in [4.78, 5) is 0. The first-order valence-electron chi connectivity index (χ1n) is 10.5. The second kappa shape index (κ2) is 7.65. The molecule has 0 heterocycles. The van der Waals surface area contributed by atoms with Gasteiger partial charge < -0.3 is 0 Å². The van der Waals surface area contributed by atoms with Crippen LogP contribution in [0, 0.1) is 13.8 Å². The van der Waals surface area contributed by atoms with E-state index in [4.69, 9.17) is 0 Å². The van der Waals surface area contributed by atoms with E-state index in [-0.39, 0.29) is 0 Å². The maximum Gasteiger partial charge on any atom is -0.0103 e. The molecule has 6 rings (SSSR count). The molecule has 0 N–H and O–H groups in total. The molecule has 0 aliphatic carbocycles. The van der Waals surface area contributed by atoms with Crippen LogP contribution in [0.2, 0.25) is 0 Å². The fourth-order valence-electron chi connectivity index (χ4n) is 4.48. The lowest BCUT2D eigenvalue weighted by Crippen LogP contribution is -1.81. The van der Waals surface area contributed by atoms with Gasteiger partial charge >= 0.3 is 0 Å². The van der Waals surface area contributed by atoms with Gasteiger partial charge in [0.05, 0.1) is 0 Å². The summed E-state index contributed by atoms with van der Waals surface area (Å²) in [6.07, 6.45) is 0. The van der Waals surface area contributed by atoms with E-state index in [0.29, 0.717) is 0 Å². The summed E-state index contributed by atoms with van der Waals surface area (Å²) in [6.45, 7) is 4.35. The molecule has 0 aliphatic heterocycles. The van der Waals surface area contributed by atoms with E-state index >= 15 is 0 Å². The Hall–Kier alpha value is -3.64. The summed E-state index contributed by atoms with van der Waals surface area (Å²) >= 11 is 0. The maximum absolute atomic E-state index is 2.26. The Bertz CT molecular complexity index is 1390. The molecule has 0 aromatic heterocycles. The van der Waals surface area contributed by atoms with E-state index in [2.05, 4.69) is 123 Å². The minimum absolute atomic E-state index is 1.33. The van der Waals surface area contributed by atoms with Crippen molar-refractivity contribution in [2.45, 2.75) is 13.8 Å². The molecule has 0 aliphatic rings. The van der Waals surface area contributed by atoms with Crippen LogP contribution in [0.1, 0.15) is 11.1 Å². The number of rotatable bonds is 0. The van der Waals surface area contributed by atoms with Gasteiger partial charge in [0.25, 0.3) is 0 Å². The Labute approximate surface area is 177 Å². The second-order valence-electron chi connectivity index (χ2n) is 7.92. The summed E-state index contributed by atoms with van der Waals surface area (Å²) < 4.78 is 0. The highest BCUT2D eigenvalue weighted by Crippen LogP contribution is 2.28. The highest BCUT2D eigenvalue weighted by Gasteiger charge is 2.02. The lowest BCUT2D eigenvalue weighted by molar-refractivity contribution is 1.56. The van der Waals surface area contributed by atoms with Crippen LogP contribution in [0.25, 0.3) is 43.1 Å². The Kier molecular flexibility index (Phi) is 4.69. The lowest BCUT2D eigenvalue weighted by Gasteiger charge is -2.06. The molecule has 0 saturated heterocycles. The van der Waals surface area contributed by atoms with Crippen LogP contribution in [0.15, 0.2) is 109 Å². The van der Waals surface area contributed by atoms with Crippen LogP contribution in [0.3, 0.4) is 0 Å². The molecular formula is C30H24. The van der Waals surface area contributed by atoms with Crippen LogP contribution < -0.4 is 0 Å². The summed E-state index contributed by atoms with van der Waals surface area (Å²) in [7, 11) is 0.